The van der Waals surface area contributed by atoms with Gasteiger partial charge in [-0.2, -0.15) is 25.8 Å². The number of rotatable bonds is 5. The van der Waals surface area contributed by atoms with Gasteiger partial charge in [0.2, 0.25) is 5.71 Å². The quantitative estimate of drug-likeness (QED) is 0.660. The highest BCUT2D eigenvalue weighted by molar-refractivity contribution is 6.10. The van der Waals surface area contributed by atoms with Crippen LogP contribution in [-0.4, -0.2) is 15.9 Å². The van der Waals surface area contributed by atoms with Crippen molar-refractivity contribution in [1.29, 1.82) is 10.5 Å². The number of benzene rings is 1. The van der Waals surface area contributed by atoms with Crippen LogP contribution < -0.4 is 10.2 Å². The average Bonchev–Trinajstić information content (AvgIpc) is 2.56. The Bertz CT molecular complexity index is 681. The van der Waals surface area contributed by atoms with E-state index in [9.17, 15) is 0 Å². The number of hydrazone groups is 1. The monoisotopic (exact) mass is 278 g/mol. The van der Waals surface area contributed by atoms with Crippen molar-refractivity contribution >= 4 is 11.4 Å². The molecule has 0 saturated carbocycles. The average molecular weight is 278 g/mol. The number of aromatic nitrogens is 2. The van der Waals surface area contributed by atoms with Crippen LogP contribution in [0.25, 0.3) is 0 Å². The summed E-state index contributed by atoms with van der Waals surface area (Å²) in [7, 11) is 0. The van der Waals surface area contributed by atoms with E-state index >= 15 is 0 Å². The highest BCUT2D eigenvalue weighted by Gasteiger charge is 1.98. The Kier molecular flexibility index (Phi) is 4.80. The van der Waals surface area contributed by atoms with E-state index in [1.165, 1.54) is 0 Å². The van der Waals surface area contributed by atoms with E-state index < -0.39 is 0 Å². The van der Waals surface area contributed by atoms with E-state index in [-0.39, 0.29) is 5.71 Å². The van der Waals surface area contributed by atoms with E-state index in [4.69, 9.17) is 15.3 Å². The van der Waals surface area contributed by atoms with Crippen molar-refractivity contribution in [2.24, 2.45) is 5.10 Å². The first-order chi connectivity index (χ1) is 10.3. The van der Waals surface area contributed by atoms with Crippen molar-refractivity contribution in [3.05, 3.63) is 48.3 Å². The Morgan fingerprint density at radius 3 is 2.57 bits per heavy atom. The maximum Gasteiger partial charge on any atom is 0.237 e. The topological polar surface area (TPSA) is 107 Å². The second-order valence-electron chi connectivity index (χ2n) is 3.82. The standard InChI is InChI=1S/C14H10N6O/c15-8-13(9-16)20-19-11-3-5-14(6-4-11)21-10-12-2-1-7-17-18-12/h1-7,19H,10H2. The van der Waals surface area contributed by atoms with Gasteiger partial charge in [-0.15, -0.1) is 0 Å². The minimum absolute atomic E-state index is 0.238. The van der Waals surface area contributed by atoms with Gasteiger partial charge in [0, 0.05) is 6.20 Å². The van der Waals surface area contributed by atoms with Crippen molar-refractivity contribution in [1.82, 2.24) is 10.2 Å². The van der Waals surface area contributed by atoms with Gasteiger partial charge in [-0.3, -0.25) is 5.43 Å². The summed E-state index contributed by atoms with van der Waals surface area (Å²) in [6.07, 6.45) is 1.60. The number of anilines is 1. The summed E-state index contributed by atoms with van der Waals surface area (Å²) in [6, 6.07) is 13.9. The van der Waals surface area contributed by atoms with Gasteiger partial charge in [0.25, 0.3) is 0 Å². The lowest BCUT2D eigenvalue weighted by Gasteiger charge is -2.06. The normalized spacial score (nSPS) is 9.05. The smallest absolute Gasteiger partial charge is 0.237 e. The fourth-order valence-corrected chi connectivity index (χ4v) is 1.39. The fourth-order valence-electron chi connectivity index (χ4n) is 1.39. The van der Waals surface area contributed by atoms with Gasteiger partial charge in [-0.1, -0.05) is 0 Å². The van der Waals surface area contributed by atoms with Gasteiger partial charge >= 0.3 is 0 Å². The summed E-state index contributed by atoms with van der Waals surface area (Å²) >= 11 is 0. The molecule has 1 N–H and O–H groups in total. The summed E-state index contributed by atoms with van der Waals surface area (Å²) in [6.45, 7) is 0.325. The highest BCUT2D eigenvalue weighted by Crippen LogP contribution is 2.16. The first kappa shape index (κ1) is 14.0. The number of ether oxygens (including phenoxy) is 1. The van der Waals surface area contributed by atoms with Gasteiger partial charge < -0.3 is 4.74 Å². The minimum Gasteiger partial charge on any atom is -0.487 e. The lowest BCUT2D eigenvalue weighted by atomic mass is 10.3. The maximum absolute atomic E-state index is 8.55. The van der Waals surface area contributed by atoms with Gasteiger partial charge in [0.15, 0.2) is 0 Å². The summed E-state index contributed by atoms with van der Waals surface area (Å²) in [5.74, 6) is 0.663. The molecule has 1 aromatic heterocycles. The third-order valence-corrected chi connectivity index (χ3v) is 2.38. The van der Waals surface area contributed by atoms with Crippen LogP contribution in [0.4, 0.5) is 5.69 Å². The summed E-state index contributed by atoms with van der Waals surface area (Å²) in [4.78, 5) is 0. The molecular formula is C14H10N6O. The Morgan fingerprint density at radius 1 is 1.19 bits per heavy atom. The molecule has 0 aliphatic carbocycles. The van der Waals surface area contributed by atoms with Crippen LogP contribution in [-0.2, 0) is 6.61 Å². The van der Waals surface area contributed by atoms with E-state index in [1.54, 1.807) is 48.7 Å². The number of nitriles is 2. The molecule has 21 heavy (non-hydrogen) atoms. The third-order valence-electron chi connectivity index (χ3n) is 2.38. The van der Waals surface area contributed by atoms with E-state index in [0.29, 0.717) is 18.0 Å². The molecule has 2 rings (SSSR count). The second-order valence-corrected chi connectivity index (χ2v) is 3.82. The predicted molar refractivity (Wildman–Crippen MR) is 75.1 cm³/mol. The van der Waals surface area contributed by atoms with Crippen LogP contribution in [0.5, 0.6) is 5.75 Å². The number of hydrogen-bond acceptors (Lipinski definition) is 7. The highest BCUT2D eigenvalue weighted by atomic mass is 16.5. The van der Waals surface area contributed by atoms with Crippen molar-refractivity contribution in [3.63, 3.8) is 0 Å². The van der Waals surface area contributed by atoms with Crippen LogP contribution in [0, 0.1) is 22.7 Å². The SMILES string of the molecule is N#CC(C#N)=NNc1ccc(OCc2cccnn2)cc1. The van der Waals surface area contributed by atoms with Crippen molar-refractivity contribution in [2.75, 3.05) is 5.43 Å². The van der Waals surface area contributed by atoms with E-state index in [0.717, 1.165) is 5.69 Å². The lowest BCUT2D eigenvalue weighted by Crippen LogP contribution is -1.99. The van der Waals surface area contributed by atoms with Crippen LogP contribution in [0.1, 0.15) is 5.69 Å². The third kappa shape index (κ3) is 4.30. The number of nitrogens with zero attached hydrogens (tertiary/aromatic N) is 5. The van der Waals surface area contributed by atoms with Crippen molar-refractivity contribution in [3.8, 4) is 17.9 Å². The van der Waals surface area contributed by atoms with E-state index in [1.807, 2.05) is 6.07 Å². The molecule has 0 unspecified atom stereocenters. The van der Waals surface area contributed by atoms with E-state index in [2.05, 4.69) is 20.7 Å². The lowest BCUT2D eigenvalue weighted by molar-refractivity contribution is 0.300. The predicted octanol–water partition coefficient (Wildman–Crippen LogP) is 1.87. The molecule has 0 radical (unpaired) electrons. The molecule has 1 heterocycles. The number of nitrogens with one attached hydrogen (secondary N) is 1. The molecule has 0 fully saturated rings. The Labute approximate surface area is 121 Å². The molecule has 7 heteroatoms. The summed E-state index contributed by atoms with van der Waals surface area (Å²) in [5, 5.41) is 28.4. The Morgan fingerprint density at radius 2 is 1.95 bits per heavy atom. The first-order valence-electron chi connectivity index (χ1n) is 5.95. The summed E-state index contributed by atoms with van der Waals surface area (Å²) in [5.41, 5.74) is 3.75. The fraction of sp³-hybridized carbons (Fsp3) is 0.0714. The molecule has 7 nitrogen and oxygen atoms in total. The van der Waals surface area contributed by atoms with Crippen LogP contribution in [0.2, 0.25) is 0 Å². The van der Waals surface area contributed by atoms with Crippen LogP contribution in [0.3, 0.4) is 0 Å². The molecule has 2 aromatic rings. The largest absolute Gasteiger partial charge is 0.487 e. The Balaban J connectivity index is 1.92. The van der Waals surface area contributed by atoms with Crippen LogP contribution >= 0.6 is 0 Å². The molecule has 0 atom stereocenters. The molecule has 102 valence electrons. The molecule has 0 saturated heterocycles. The first-order valence-corrected chi connectivity index (χ1v) is 5.95. The zero-order chi connectivity index (χ0) is 14.9. The second kappa shape index (κ2) is 7.22. The molecular weight excluding hydrogens is 268 g/mol. The van der Waals surface area contributed by atoms with Gasteiger partial charge in [-0.25, -0.2) is 0 Å². The van der Waals surface area contributed by atoms with Crippen molar-refractivity contribution < 1.29 is 4.74 Å². The zero-order valence-corrected chi connectivity index (χ0v) is 10.9. The number of hydrogen-bond donors (Lipinski definition) is 1. The molecule has 0 aliphatic rings. The summed E-state index contributed by atoms with van der Waals surface area (Å²) < 4.78 is 5.54. The molecule has 0 amide bonds. The Hall–Kier alpha value is -3.45. The van der Waals surface area contributed by atoms with Crippen LogP contribution in [0.15, 0.2) is 47.7 Å². The molecule has 0 aliphatic heterocycles. The van der Waals surface area contributed by atoms with Gasteiger partial charge in [0.1, 0.15) is 30.2 Å². The maximum atomic E-state index is 8.55. The zero-order valence-electron chi connectivity index (χ0n) is 10.9. The molecule has 0 spiro atoms. The van der Waals surface area contributed by atoms with Crippen molar-refractivity contribution in [2.45, 2.75) is 6.61 Å². The molecule has 1 aromatic carbocycles. The molecule has 0 bridgehead atoms. The van der Waals surface area contributed by atoms with Gasteiger partial charge in [0.05, 0.1) is 5.69 Å². The van der Waals surface area contributed by atoms with Gasteiger partial charge in [-0.05, 0) is 36.4 Å². The minimum atomic E-state index is -0.238.